The molecule has 3 aromatic rings. The first kappa shape index (κ1) is 23.6. The first-order chi connectivity index (χ1) is 16.0. The van der Waals surface area contributed by atoms with Gasteiger partial charge in [0.05, 0.1) is 31.6 Å². The van der Waals surface area contributed by atoms with Gasteiger partial charge in [0.25, 0.3) is 0 Å². The number of hydrogen-bond acceptors (Lipinski definition) is 6. The number of thioether (sulfide) groups is 1. The van der Waals surface area contributed by atoms with E-state index in [4.69, 9.17) is 21.1 Å². The Morgan fingerprint density at radius 3 is 2.82 bits per heavy atom. The minimum Gasteiger partial charge on any atom is -0.497 e. The van der Waals surface area contributed by atoms with E-state index in [0.717, 1.165) is 42.1 Å². The van der Waals surface area contributed by atoms with Crippen molar-refractivity contribution in [3.63, 3.8) is 0 Å². The lowest BCUT2D eigenvalue weighted by Crippen LogP contribution is -2.28. The topological polar surface area (TPSA) is 78.3 Å². The molecule has 0 aliphatic carbocycles. The molecule has 1 fully saturated rings. The van der Waals surface area contributed by atoms with E-state index in [9.17, 15) is 4.79 Å². The van der Waals surface area contributed by atoms with Crippen LogP contribution in [-0.2, 0) is 16.1 Å². The Balaban J connectivity index is 1.46. The molecule has 9 heteroatoms. The minimum atomic E-state index is -0.142. The van der Waals surface area contributed by atoms with Gasteiger partial charge in [-0.25, -0.2) is 0 Å². The van der Waals surface area contributed by atoms with E-state index >= 15 is 0 Å². The van der Waals surface area contributed by atoms with Gasteiger partial charge in [0.1, 0.15) is 5.75 Å². The van der Waals surface area contributed by atoms with Gasteiger partial charge in [0, 0.05) is 17.2 Å². The molecular formula is C24H27ClN4O3S. The number of aromatic nitrogens is 3. The third-order valence-corrected chi connectivity index (χ3v) is 6.74. The van der Waals surface area contributed by atoms with Crippen molar-refractivity contribution in [2.24, 2.45) is 0 Å². The Morgan fingerprint density at radius 1 is 1.30 bits per heavy atom. The summed E-state index contributed by atoms with van der Waals surface area (Å²) in [6, 6.07) is 15.1. The second-order valence-electron chi connectivity index (χ2n) is 7.91. The van der Waals surface area contributed by atoms with Gasteiger partial charge in [0.15, 0.2) is 11.0 Å². The number of amides is 1. The van der Waals surface area contributed by atoms with E-state index in [1.165, 1.54) is 11.8 Å². The van der Waals surface area contributed by atoms with E-state index in [2.05, 4.69) is 20.1 Å². The fraction of sp³-hybridized carbons (Fsp3) is 0.375. The summed E-state index contributed by atoms with van der Waals surface area (Å²) in [4.78, 5) is 12.6. The minimum absolute atomic E-state index is 0.0786. The number of ether oxygens (including phenoxy) is 2. The molecule has 2 atom stereocenters. The summed E-state index contributed by atoms with van der Waals surface area (Å²) in [6.07, 6.45) is 2.17. The van der Waals surface area contributed by atoms with Crippen LogP contribution >= 0.6 is 23.4 Å². The Hall–Kier alpha value is -2.55. The zero-order valence-electron chi connectivity index (χ0n) is 18.7. The molecule has 0 radical (unpaired) electrons. The average Bonchev–Trinajstić information content (AvgIpc) is 3.48. The van der Waals surface area contributed by atoms with E-state index in [1.54, 1.807) is 7.11 Å². The van der Waals surface area contributed by atoms with Gasteiger partial charge < -0.3 is 14.8 Å². The van der Waals surface area contributed by atoms with E-state index < -0.39 is 0 Å². The van der Waals surface area contributed by atoms with Gasteiger partial charge in [-0.05, 0) is 61.7 Å². The number of nitrogens with zero attached hydrogens (tertiary/aromatic N) is 3. The Bertz CT molecular complexity index is 1080. The molecule has 0 saturated carbocycles. The Kier molecular flexibility index (Phi) is 7.90. The Labute approximate surface area is 202 Å². The number of halogens is 1. The van der Waals surface area contributed by atoms with Crippen LogP contribution in [0.15, 0.2) is 53.7 Å². The molecule has 1 N–H and O–H groups in total. The third-order valence-electron chi connectivity index (χ3n) is 5.53. The SMILES string of the molecule is COc1ccc(-c2nnc(SCC(=O)N[C@H](C)c3cccc(Cl)c3)n2C[C@H]2CCCO2)cc1. The van der Waals surface area contributed by atoms with Crippen molar-refractivity contribution in [2.75, 3.05) is 19.5 Å². The average molecular weight is 487 g/mol. The predicted octanol–water partition coefficient (Wildman–Crippen LogP) is 4.76. The predicted molar refractivity (Wildman–Crippen MR) is 130 cm³/mol. The fourth-order valence-electron chi connectivity index (χ4n) is 3.78. The van der Waals surface area contributed by atoms with Crippen molar-refractivity contribution >= 4 is 29.3 Å². The maximum atomic E-state index is 12.6. The molecule has 1 aliphatic heterocycles. The van der Waals surface area contributed by atoms with Crippen molar-refractivity contribution in [3.05, 3.63) is 59.1 Å². The highest BCUT2D eigenvalue weighted by molar-refractivity contribution is 7.99. The third kappa shape index (κ3) is 6.07. The standard InChI is InChI=1S/C24H27ClN4O3S/c1-16(18-5-3-6-19(25)13-18)26-22(30)15-33-24-28-27-23(17-8-10-20(31-2)11-9-17)29(24)14-21-7-4-12-32-21/h3,5-6,8-11,13,16,21H,4,7,12,14-15H2,1-2H3,(H,26,30)/t16-,21-/m1/s1. The lowest BCUT2D eigenvalue weighted by molar-refractivity contribution is -0.119. The summed E-state index contributed by atoms with van der Waals surface area (Å²) in [5.74, 6) is 1.69. The first-order valence-corrected chi connectivity index (χ1v) is 12.3. The quantitative estimate of drug-likeness (QED) is 0.439. The van der Waals surface area contributed by atoms with Gasteiger partial charge in [-0.1, -0.05) is 35.5 Å². The van der Waals surface area contributed by atoms with Crippen molar-refractivity contribution in [1.82, 2.24) is 20.1 Å². The second kappa shape index (κ2) is 11.0. The second-order valence-corrected chi connectivity index (χ2v) is 9.29. The zero-order valence-corrected chi connectivity index (χ0v) is 20.2. The molecule has 4 rings (SSSR count). The number of methoxy groups -OCH3 is 1. The molecule has 174 valence electrons. The molecule has 33 heavy (non-hydrogen) atoms. The van der Waals surface area contributed by atoms with Crippen molar-refractivity contribution < 1.29 is 14.3 Å². The summed E-state index contributed by atoms with van der Waals surface area (Å²) >= 11 is 7.44. The summed E-state index contributed by atoms with van der Waals surface area (Å²) in [7, 11) is 1.64. The molecule has 0 bridgehead atoms. The lowest BCUT2D eigenvalue weighted by Gasteiger charge is -2.16. The Morgan fingerprint density at radius 2 is 2.12 bits per heavy atom. The molecule has 7 nitrogen and oxygen atoms in total. The number of nitrogens with one attached hydrogen (secondary N) is 1. The summed E-state index contributed by atoms with van der Waals surface area (Å²) in [5, 5.41) is 13.2. The zero-order chi connectivity index (χ0) is 23.2. The molecule has 1 amide bonds. The van der Waals surface area contributed by atoms with Crippen LogP contribution in [0.3, 0.4) is 0 Å². The van der Waals surface area contributed by atoms with E-state index in [0.29, 0.717) is 16.7 Å². The highest BCUT2D eigenvalue weighted by atomic mass is 35.5. The van der Waals surface area contributed by atoms with Crippen LogP contribution in [0.1, 0.15) is 31.4 Å². The molecule has 0 spiro atoms. The lowest BCUT2D eigenvalue weighted by atomic mass is 10.1. The molecule has 2 aromatic carbocycles. The van der Waals surface area contributed by atoms with Crippen molar-refractivity contribution in [3.8, 4) is 17.1 Å². The monoisotopic (exact) mass is 486 g/mol. The van der Waals surface area contributed by atoms with Crippen LogP contribution in [0.5, 0.6) is 5.75 Å². The number of carbonyl (C=O) groups excluding carboxylic acids is 1. The van der Waals surface area contributed by atoms with Crippen LogP contribution in [-0.4, -0.2) is 46.2 Å². The number of hydrogen-bond donors (Lipinski definition) is 1. The normalized spacial score (nSPS) is 16.5. The summed E-state index contributed by atoms with van der Waals surface area (Å²) in [5.41, 5.74) is 1.90. The maximum Gasteiger partial charge on any atom is 0.230 e. The summed E-state index contributed by atoms with van der Waals surface area (Å²) in [6.45, 7) is 3.37. The molecule has 1 aliphatic rings. The smallest absolute Gasteiger partial charge is 0.230 e. The van der Waals surface area contributed by atoms with Crippen LogP contribution in [0.2, 0.25) is 5.02 Å². The van der Waals surface area contributed by atoms with E-state index in [1.807, 2.05) is 55.5 Å². The maximum absolute atomic E-state index is 12.6. The molecule has 2 heterocycles. The summed E-state index contributed by atoms with van der Waals surface area (Å²) < 4.78 is 13.2. The number of carbonyl (C=O) groups is 1. The van der Waals surface area contributed by atoms with E-state index in [-0.39, 0.29) is 23.8 Å². The number of rotatable bonds is 9. The van der Waals surface area contributed by atoms with Crippen LogP contribution in [0.4, 0.5) is 0 Å². The highest BCUT2D eigenvalue weighted by Gasteiger charge is 2.22. The van der Waals surface area contributed by atoms with Crippen molar-refractivity contribution in [2.45, 2.75) is 43.6 Å². The first-order valence-electron chi connectivity index (χ1n) is 10.9. The molecule has 0 unspecified atom stereocenters. The van der Waals surface area contributed by atoms with Crippen LogP contribution < -0.4 is 10.1 Å². The van der Waals surface area contributed by atoms with Gasteiger partial charge in [-0.2, -0.15) is 0 Å². The van der Waals surface area contributed by atoms with Gasteiger partial charge in [-0.3, -0.25) is 9.36 Å². The highest BCUT2D eigenvalue weighted by Crippen LogP contribution is 2.28. The van der Waals surface area contributed by atoms with Gasteiger partial charge >= 0.3 is 0 Å². The fourth-order valence-corrected chi connectivity index (χ4v) is 4.74. The van der Waals surface area contributed by atoms with Gasteiger partial charge in [-0.15, -0.1) is 10.2 Å². The molecule has 1 saturated heterocycles. The number of benzene rings is 2. The van der Waals surface area contributed by atoms with Gasteiger partial charge in [0.2, 0.25) is 5.91 Å². The van der Waals surface area contributed by atoms with Crippen LogP contribution in [0, 0.1) is 0 Å². The van der Waals surface area contributed by atoms with Crippen LogP contribution in [0.25, 0.3) is 11.4 Å². The molecule has 1 aromatic heterocycles. The van der Waals surface area contributed by atoms with Crippen molar-refractivity contribution in [1.29, 1.82) is 0 Å². The molecular weight excluding hydrogens is 460 g/mol. The largest absolute Gasteiger partial charge is 0.497 e.